The summed E-state index contributed by atoms with van der Waals surface area (Å²) in [5.41, 5.74) is 0.741. The minimum Gasteiger partial charge on any atom is -0.325 e. The normalized spacial score (nSPS) is 16.6. The van der Waals surface area contributed by atoms with Crippen LogP contribution in [0.3, 0.4) is 0 Å². The molecule has 1 fully saturated rings. The van der Waals surface area contributed by atoms with Gasteiger partial charge in [0.25, 0.3) is 0 Å². The molecule has 1 amide bonds. The van der Waals surface area contributed by atoms with Crippen LogP contribution in [0.4, 0.5) is 5.69 Å². The van der Waals surface area contributed by atoms with Crippen molar-refractivity contribution in [3.8, 4) is 0 Å². The van der Waals surface area contributed by atoms with Gasteiger partial charge in [0.2, 0.25) is 5.91 Å². The van der Waals surface area contributed by atoms with E-state index in [9.17, 15) is 4.79 Å². The molecule has 98 valence electrons. The van der Waals surface area contributed by atoms with E-state index in [1.807, 2.05) is 12.1 Å². The minimum atomic E-state index is 0.0234. The monoisotopic (exact) mass is 330 g/mol. The number of halogens is 2. The summed E-state index contributed by atoms with van der Waals surface area (Å²) in [7, 11) is 0. The van der Waals surface area contributed by atoms with Gasteiger partial charge in [0.1, 0.15) is 0 Å². The summed E-state index contributed by atoms with van der Waals surface area (Å²) in [5.74, 6) is 0.0234. The molecule has 1 heterocycles. The van der Waals surface area contributed by atoms with Gasteiger partial charge in [0.05, 0.1) is 11.6 Å². The molecular weight excluding hydrogens is 316 g/mol. The van der Waals surface area contributed by atoms with Crippen molar-refractivity contribution in [1.82, 2.24) is 4.90 Å². The van der Waals surface area contributed by atoms with Gasteiger partial charge in [-0.1, -0.05) is 18.0 Å². The Labute approximate surface area is 121 Å². The van der Waals surface area contributed by atoms with Crippen molar-refractivity contribution >= 4 is 39.1 Å². The number of hydrogen-bond acceptors (Lipinski definition) is 2. The maximum Gasteiger partial charge on any atom is 0.238 e. The van der Waals surface area contributed by atoms with Crippen molar-refractivity contribution in [3.05, 3.63) is 27.7 Å². The molecule has 18 heavy (non-hydrogen) atoms. The van der Waals surface area contributed by atoms with E-state index in [1.54, 1.807) is 6.07 Å². The summed E-state index contributed by atoms with van der Waals surface area (Å²) < 4.78 is 0.832. The van der Waals surface area contributed by atoms with E-state index < -0.39 is 0 Å². The lowest BCUT2D eigenvalue weighted by molar-refractivity contribution is -0.117. The third kappa shape index (κ3) is 3.97. The highest BCUT2D eigenvalue weighted by atomic mass is 79.9. The first-order valence-electron chi connectivity index (χ1n) is 6.12. The second-order valence-electron chi connectivity index (χ2n) is 4.51. The second-order valence-corrected chi connectivity index (χ2v) is 5.78. The zero-order valence-electron chi connectivity index (χ0n) is 10.1. The zero-order valence-corrected chi connectivity index (χ0v) is 12.4. The number of hydrogen-bond donors (Lipinski definition) is 1. The highest BCUT2D eigenvalue weighted by Gasteiger charge is 2.13. The van der Waals surface area contributed by atoms with Crippen LogP contribution in [-0.4, -0.2) is 30.4 Å². The highest BCUT2D eigenvalue weighted by molar-refractivity contribution is 9.10. The number of carbonyl (C=O) groups is 1. The molecule has 2 rings (SSSR count). The Morgan fingerprint density at radius 2 is 2.06 bits per heavy atom. The van der Waals surface area contributed by atoms with E-state index in [1.165, 1.54) is 19.3 Å². The first kappa shape index (κ1) is 13.8. The van der Waals surface area contributed by atoms with Crippen molar-refractivity contribution in [2.45, 2.75) is 19.3 Å². The topological polar surface area (TPSA) is 32.3 Å². The molecule has 0 aliphatic carbocycles. The van der Waals surface area contributed by atoms with Gasteiger partial charge in [0.15, 0.2) is 0 Å². The molecule has 5 heteroatoms. The fourth-order valence-corrected chi connectivity index (χ4v) is 2.52. The summed E-state index contributed by atoms with van der Waals surface area (Å²) in [6.45, 7) is 2.51. The number of likely N-dealkylation sites (tertiary alicyclic amines) is 1. The van der Waals surface area contributed by atoms with Gasteiger partial charge in [0, 0.05) is 10.2 Å². The third-order valence-electron chi connectivity index (χ3n) is 3.02. The smallest absolute Gasteiger partial charge is 0.238 e. The number of benzene rings is 1. The average molecular weight is 332 g/mol. The summed E-state index contributed by atoms with van der Waals surface area (Å²) in [6, 6.07) is 5.42. The first-order valence-corrected chi connectivity index (χ1v) is 7.29. The summed E-state index contributed by atoms with van der Waals surface area (Å²) in [6.07, 6.45) is 3.66. The zero-order chi connectivity index (χ0) is 13.0. The molecule has 1 N–H and O–H groups in total. The van der Waals surface area contributed by atoms with E-state index in [2.05, 4.69) is 26.1 Å². The molecule has 0 atom stereocenters. The maximum absolute atomic E-state index is 11.9. The molecule has 1 aromatic rings. The highest BCUT2D eigenvalue weighted by Crippen LogP contribution is 2.25. The average Bonchev–Trinajstić information content (AvgIpc) is 2.35. The molecule has 3 nitrogen and oxygen atoms in total. The van der Waals surface area contributed by atoms with Crippen LogP contribution in [-0.2, 0) is 4.79 Å². The first-order chi connectivity index (χ1) is 8.65. The molecule has 0 bridgehead atoms. The number of carbonyl (C=O) groups excluding carboxylic acids is 1. The van der Waals surface area contributed by atoms with Crippen LogP contribution < -0.4 is 5.32 Å². The summed E-state index contributed by atoms with van der Waals surface area (Å²) >= 11 is 9.30. The predicted molar refractivity (Wildman–Crippen MR) is 78.1 cm³/mol. The minimum absolute atomic E-state index is 0.0234. The number of piperidine rings is 1. The standard InChI is InChI=1S/C13H16BrClN2O/c14-11-5-4-10(8-12(11)15)16-13(18)9-17-6-2-1-3-7-17/h4-5,8H,1-3,6-7,9H2,(H,16,18). The Morgan fingerprint density at radius 3 is 2.72 bits per heavy atom. The van der Waals surface area contributed by atoms with Crippen molar-refractivity contribution in [3.63, 3.8) is 0 Å². The fraction of sp³-hybridized carbons (Fsp3) is 0.462. The van der Waals surface area contributed by atoms with Crippen LogP contribution in [0.5, 0.6) is 0 Å². The number of anilines is 1. The number of rotatable bonds is 3. The van der Waals surface area contributed by atoms with Gasteiger partial charge in [-0.2, -0.15) is 0 Å². The molecular formula is C13H16BrClN2O. The summed E-state index contributed by atoms with van der Waals surface area (Å²) in [5, 5.41) is 3.47. The van der Waals surface area contributed by atoms with Crippen molar-refractivity contribution in [2.75, 3.05) is 25.0 Å². The fourth-order valence-electron chi connectivity index (χ4n) is 2.10. The SMILES string of the molecule is O=C(CN1CCCCC1)Nc1ccc(Br)c(Cl)c1. The quantitative estimate of drug-likeness (QED) is 0.919. The second kappa shape index (κ2) is 6.55. The Kier molecular flexibility index (Phi) is 5.03. The van der Waals surface area contributed by atoms with E-state index in [0.29, 0.717) is 11.6 Å². The molecule has 0 saturated carbocycles. The third-order valence-corrected chi connectivity index (χ3v) is 4.25. The number of amides is 1. The largest absolute Gasteiger partial charge is 0.325 e. The lowest BCUT2D eigenvalue weighted by atomic mass is 10.1. The van der Waals surface area contributed by atoms with Crippen LogP contribution in [0.25, 0.3) is 0 Å². The molecule has 0 aromatic heterocycles. The van der Waals surface area contributed by atoms with E-state index in [4.69, 9.17) is 11.6 Å². The van der Waals surface area contributed by atoms with Gasteiger partial charge in [-0.05, 0) is 60.1 Å². The van der Waals surface area contributed by atoms with E-state index in [0.717, 1.165) is 23.2 Å². The Hall–Kier alpha value is -0.580. The molecule has 0 radical (unpaired) electrons. The van der Waals surface area contributed by atoms with Gasteiger partial charge >= 0.3 is 0 Å². The number of nitrogens with zero attached hydrogens (tertiary/aromatic N) is 1. The molecule has 1 aromatic carbocycles. The van der Waals surface area contributed by atoms with Gasteiger partial charge in [-0.3, -0.25) is 9.69 Å². The molecule has 1 aliphatic rings. The Morgan fingerprint density at radius 1 is 1.33 bits per heavy atom. The summed E-state index contributed by atoms with van der Waals surface area (Å²) in [4.78, 5) is 14.1. The van der Waals surface area contributed by atoms with Crippen LogP contribution in [0, 0.1) is 0 Å². The molecule has 1 saturated heterocycles. The van der Waals surface area contributed by atoms with Crippen molar-refractivity contribution in [1.29, 1.82) is 0 Å². The molecule has 0 unspecified atom stereocenters. The predicted octanol–water partition coefficient (Wildman–Crippen LogP) is 3.53. The van der Waals surface area contributed by atoms with Crippen molar-refractivity contribution in [2.24, 2.45) is 0 Å². The van der Waals surface area contributed by atoms with Gasteiger partial charge in [-0.25, -0.2) is 0 Å². The Bertz CT molecular complexity index is 433. The molecule has 0 spiro atoms. The van der Waals surface area contributed by atoms with Gasteiger partial charge < -0.3 is 5.32 Å². The van der Waals surface area contributed by atoms with Crippen LogP contribution in [0.2, 0.25) is 5.02 Å². The number of nitrogens with one attached hydrogen (secondary N) is 1. The van der Waals surface area contributed by atoms with E-state index >= 15 is 0 Å². The Balaban J connectivity index is 1.88. The van der Waals surface area contributed by atoms with Crippen LogP contribution in [0.1, 0.15) is 19.3 Å². The van der Waals surface area contributed by atoms with Crippen LogP contribution in [0.15, 0.2) is 22.7 Å². The van der Waals surface area contributed by atoms with Crippen molar-refractivity contribution < 1.29 is 4.79 Å². The maximum atomic E-state index is 11.9. The lowest BCUT2D eigenvalue weighted by Crippen LogP contribution is -2.36. The van der Waals surface area contributed by atoms with Crippen LogP contribution >= 0.6 is 27.5 Å². The van der Waals surface area contributed by atoms with E-state index in [-0.39, 0.29) is 5.91 Å². The molecule has 1 aliphatic heterocycles. The van der Waals surface area contributed by atoms with Gasteiger partial charge in [-0.15, -0.1) is 0 Å². The lowest BCUT2D eigenvalue weighted by Gasteiger charge is -2.25.